The first-order chi connectivity index (χ1) is 9.80. The van der Waals surface area contributed by atoms with Gasteiger partial charge in [-0.25, -0.2) is 4.98 Å². The minimum absolute atomic E-state index is 0.408. The van der Waals surface area contributed by atoms with Crippen molar-refractivity contribution in [1.29, 1.82) is 0 Å². The Bertz CT molecular complexity index is 694. The van der Waals surface area contributed by atoms with E-state index in [1.54, 1.807) is 18.4 Å². The first-order valence-electron chi connectivity index (χ1n) is 6.07. The molecule has 0 saturated carbocycles. The Balaban J connectivity index is 1.75. The van der Waals surface area contributed by atoms with E-state index in [4.69, 9.17) is 21.1 Å². The first-order valence-corrected chi connectivity index (χ1v) is 7.48. The summed E-state index contributed by atoms with van der Waals surface area (Å²) in [4.78, 5) is 5.44. The smallest absolute Gasteiger partial charge is 0.193 e. The highest BCUT2D eigenvalue weighted by Crippen LogP contribution is 2.29. The van der Waals surface area contributed by atoms with E-state index >= 15 is 0 Å². The van der Waals surface area contributed by atoms with Gasteiger partial charge < -0.3 is 9.47 Å². The van der Waals surface area contributed by atoms with Gasteiger partial charge in [0.25, 0.3) is 0 Å². The predicted molar refractivity (Wildman–Crippen MR) is 80.0 cm³/mol. The monoisotopic (exact) mass is 308 g/mol. The van der Waals surface area contributed by atoms with Gasteiger partial charge in [0.15, 0.2) is 16.5 Å². The fourth-order valence-electron chi connectivity index (χ4n) is 1.91. The number of halogens is 1. The quantitative estimate of drug-likeness (QED) is 0.674. The number of aromatic nitrogens is 2. The van der Waals surface area contributed by atoms with Crippen LogP contribution >= 0.6 is 22.9 Å². The zero-order valence-corrected chi connectivity index (χ0v) is 12.4. The Morgan fingerprint density at radius 3 is 3.00 bits per heavy atom. The molecule has 20 heavy (non-hydrogen) atoms. The van der Waals surface area contributed by atoms with Crippen molar-refractivity contribution in [2.24, 2.45) is 0 Å². The van der Waals surface area contributed by atoms with E-state index in [0.717, 1.165) is 16.2 Å². The van der Waals surface area contributed by atoms with Crippen LogP contribution < -0.4 is 9.47 Å². The Kier molecular flexibility index (Phi) is 3.80. The van der Waals surface area contributed by atoms with Gasteiger partial charge in [-0.3, -0.25) is 4.40 Å². The van der Waals surface area contributed by atoms with Gasteiger partial charge in [-0.1, -0.05) is 6.07 Å². The summed E-state index contributed by atoms with van der Waals surface area (Å²) in [6, 6.07) is 5.68. The van der Waals surface area contributed by atoms with Gasteiger partial charge in [0, 0.05) is 23.7 Å². The first kappa shape index (κ1) is 13.3. The third-order valence-corrected chi connectivity index (χ3v) is 3.98. The standard InChI is InChI=1S/C14H13ClN2O2S/c1-18-13-6-10(7-15)2-3-12(13)19-9-11-8-17-4-5-20-14(17)16-11/h2-6,8H,7,9H2,1H3. The van der Waals surface area contributed by atoms with Gasteiger partial charge in [-0.2, -0.15) is 0 Å². The Morgan fingerprint density at radius 1 is 1.35 bits per heavy atom. The van der Waals surface area contributed by atoms with Crippen LogP contribution in [0.1, 0.15) is 11.3 Å². The summed E-state index contributed by atoms with van der Waals surface area (Å²) >= 11 is 7.41. The van der Waals surface area contributed by atoms with Crippen LogP contribution in [-0.4, -0.2) is 16.5 Å². The summed E-state index contributed by atoms with van der Waals surface area (Å²) in [7, 11) is 1.62. The third kappa shape index (κ3) is 2.59. The fraction of sp³-hybridized carbons (Fsp3) is 0.214. The van der Waals surface area contributed by atoms with E-state index in [-0.39, 0.29) is 0 Å². The number of alkyl halides is 1. The van der Waals surface area contributed by atoms with Crippen molar-refractivity contribution in [2.75, 3.05) is 7.11 Å². The lowest BCUT2D eigenvalue weighted by Gasteiger charge is -2.10. The minimum atomic E-state index is 0.408. The van der Waals surface area contributed by atoms with E-state index in [1.165, 1.54) is 0 Å². The van der Waals surface area contributed by atoms with Crippen molar-refractivity contribution in [3.63, 3.8) is 0 Å². The number of fused-ring (bicyclic) bond motifs is 1. The molecule has 0 unspecified atom stereocenters. The summed E-state index contributed by atoms with van der Waals surface area (Å²) in [6.45, 7) is 0.408. The maximum absolute atomic E-state index is 5.81. The van der Waals surface area contributed by atoms with Crippen molar-refractivity contribution in [3.8, 4) is 11.5 Å². The van der Waals surface area contributed by atoms with Crippen molar-refractivity contribution < 1.29 is 9.47 Å². The van der Waals surface area contributed by atoms with Gasteiger partial charge >= 0.3 is 0 Å². The molecule has 0 fully saturated rings. The third-order valence-electron chi connectivity index (χ3n) is 2.90. The Labute approximate surface area is 125 Å². The summed E-state index contributed by atoms with van der Waals surface area (Å²) in [5.41, 5.74) is 1.89. The SMILES string of the molecule is COc1cc(CCl)ccc1OCc1cn2ccsc2n1. The lowest BCUT2D eigenvalue weighted by atomic mass is 10.2. The molecule has 0 amide bonds. The molecular weight excluding hydrogens is 296 g/mol. The lowest BCUT2D eigenvalue weighted by molar-refractivity contribution is 0.281. The summed E-state index contributed by atoms with van der Waals surface area (Å²) in [5.74, 6) is 1.83. The molecule has 3 aromatic rings. The zero-order chi connectivity index (χ0) is 13.9. The van der Waals surface area contributed by atoms with Crippen molar-refractivity contribution in [1.82, 2.24) is 9.38 Å². The molecule has 6 heteroatoms. The van der Waals surface area contributed by atoms with Crippen LogP contribution in [0.15, 0.2) is 36.0 Å². The van der Waals surface area contributed by atoms with E-state index < -0.39 is 0 Å². The highest BCUT2D eigenvalue weighted by molar-refractivity contribution is 7.15. The minimum Gasteiger partial charge on any atom is -0.493 e. The van der Waals surface area contributed by atoms with Crippen LogP contribution in [0.3, 0.4) is 0 Å². The van der Waals surface area contributed by atoms with Gasteiger partial charge in [-0.15, -0.1) is 22.9 Å². The summed E-state index contributed by atoms with van der Waals surface area (Å²) in [5, 5.41) is 2.00. The van der Waals surface area contributed by atoms with Gasteiger partial charge in [-0.05, 0) is 17.7 Å². The number of hydrogen-bond acceptors (Lipinski definition) is 4. The molecular formula is C14H13ClN2O2S. The molecule has 0 aliphatic heterocycles. The van der Waals surface area contributed by atoms with Crippen LogP contribution in [0.2, 0.25) is 0 Å². The second-order valence-corrected chi connectivity index (χ2v) is 5.37. The van der Waals surface area contributed by atoms with Crippen LogP contribution in [0.5, 0.6) is 11.5 Å². The molecule has 0 atom stereocenters. The molecule has 0 saturated heterocycles. The van der Waals surface area contributed by atoms with Crippen molar-refractivity contribution in [2.45, 2.75) is 12.5 Å². The molecule has 104 valence electrons. The zero-order valence-electron chi connectivity index (χ0n) is 10.9. The summed E-state index contributed by atoms with van der Waals surface area (Å²) < 4.78 is 13.1. The largest absolute Gasteiger partial charge is 0.493 e. The molecule has 0 aliphatic rings. The van der Waals surface area contributed by atoms with E-state index in [2.05, 4.69) is 4.98 Å². The van der Waals surface area contributed by atoms with Gasteiger partial charge in [0.1, 0.15) is 6.61 Å². The van der Waals surface area contributed by atoms with Gasteiger partial charge in [0.2, 0.25) is 0 Å². The Morgan fingerprint density at radius 2 is 2.25 bits per heavy atom. The van der Waals surface area contributed by atoms with Crippen molar-refractivity contribution in [3.05, 3.63) is 47.2 Å². The Hall–Kier alpha value is -1.72. The van der Waals surface area contributed by atoms with Crippen LogP contribution in [0.4, 0.5) is 0 Å². The number of thiazole rings is 1. The topological polar surface area (TPSA) is 35.8 Å². The second kappa shape index (κ2) is 5.73. The van der Waals surface area contributed by atoms with Gasteiger partial charge in [0.05, 0.1) is 12.8 Å². The highest BCUT2D eigenvalue weighted by atomic mass is 35.5. The second-order valence-electron chi connectivity index (χ2n) is 4.23. The molecule has 2 heterocycles. The maximum Gasteiger partial charge on any atom is 0.193 e. The number of nitrogens with zero attached hydrogens (tertiary/aromatic N) is 2. The number of imidazole rings is 1. The van der Waals surface area contributed by atoms with Crippen LogP contribution in [0.25, 0.3) is 4.96 Å². The number of rotatable bonds is 5. The number of hydrogen-bond donors (Lipinski definition) is 0. The average molecular weight is 309 g/mol. The molecule has 0 radical (unpaired) electrons. The average Bonchev–Trinajstić information content (AvgIpc) is 3.05. The molecule has 4 nitrogen and oxygen atoms in total. The molecule has 0 N–H and O–H groups in total. The molecule has 0 spiro atoms. The highest BCUT2D eigenvalue weighted by Gasteiger charge is 2.08. The van der Waals surface area contributed by atoms with Crippen LogP contribution in [0, 0.1) is 0 Å². The normalized spacial score (nSPS) is 10.9. The number of methoxy groups -OCH3 is 1. The number of ether oxygens (including phenoxy) is 2. The predicted octanol–water partition coefficient (Wildman–Crippen LogP) is 3.72. The molecule has 0 aliphatic carbocycles. The van der Waals surface area contributed by atoms with Crippen molar-refractivity contribution >= 4 is 27.9 Å². The molecule has 0 bridgehead atoms. The lowest BCUT2D eigenvalue weighted by Crippen LogP contribution is -1.98. The molecule has 1 aromatic carbocycles. The van der Waals surface area contributed by atoms with E-state index in [9.17, 15) is 0 Å². The number of benzene rings is 1. The summed E-state index contributed by atoms with van der Waals surface area (Å²) in [6.07, 6.45) is 3.94. The van der Waals surface area contributed by atoms with Crippen LogP contribution in [-0.2, 0) is 12.5 Å². The van der Waals surface area contributed by atoms with E-state index in [1.807, 2.05) is 40.4 Å². The fourth-order valence-corrected chi connectivity index (χ4v) is 2.80. The maximum atomic E-state index is 5.81. The molecule has 3 rings (SSSR count). The molecule has 2 aromatic heterocycles. The van der Waals surface area contributed by atoms with E-state index in [0.29, 0.717) is 24.0 Å².